The Labute approximate surface area is 159 Å². The highest BCUT2D eigenvalue weighted by Crippen LogP contribution is 2.31. The second-order valence-electron chi connectivity index (χ2n) is 6.03. The van der Waals surface area contributed by atoms with Gasteiger partial charge in [-0.05, 0) is 60.0 Å². The molecule has 0 saturated carbocycles. The van der Waals surface area contributed by atoms with E-state index in [-0.39, 0.29) is 0 Å². The van der Waals surface area contributed by atoms with Gasteiger partial charge in [0.1, 0.15) is 0 Å². The van der Waals surface area contributed by atoms with Gasteiger partial charge in [0.2, 0.25) is 0 Å². The van der Waals surface area contributed by atoms with Crippen LogP contribution in [0.3, 0.4) is 0 Å². The molecule has 0 radical (unpaired) electrons. The number of hydrogen-bond donors (Lipinski definition) is 1. The van der Waals surface area contributed by atoms with E-state index in [9.17, 15) is 18.0 Å². The summed E-state index contributed by atoms with van der Waals surface area (Å²) in [6.07, 6.45) is -4.42. The number of alkyl halides is 3. The van der Waals surface area contributed by atoms with Crippen molar-refractivity contribution in [1.29, 1.82) is 0 Å². The molecule has 3 rings (SSSR count). The maximum atomic E-state index is 12.8. The van der Waals surface area contributed by atoms with Crippen LogP contribution in [0.2, 0.25) is 5.02 Å². The van der Waals surface area contributed by atoms with Gasteiger partial charge in [0.15, 0.2) is 0 Å². The molecular formula is C21H15ClF3NO. The molecule has 6 heteroatoms. The first-order chi connectivity index (χ1) is 12.8. The number of halogens is 4. The number of anilines is 1. The first kappa shape index (κ1) is 19.0. The number of nitrogens with one attached hydrogen (secondary N) is 1. The smallest absolute Gasteiger partial charge is 0.322 e. The molecule has 0 aromatic heterocycles. The molecule has 0 saturated heterocycles. The lowest BCUT2D eigenvalue weighted by Crippen LogP contribution is -2.15. The van der Waals surface area contributed by atoms with Gasteiger partial charge in [-0.3, -0.25) is 4.79 Å². The molecule has 3 aromatic carbocycles. The molecule has 0 aliphatic heterocycles. The minimum atomic E-state index is -4.42. The van der Waals surface area contributed by atoms with Crippen molar-refractivity contribution in [2.75, 3.05) is 5.32 Å². The number of rotatable bonds is 3. The zero-order valence-electron chi connectivity index (χ0n) is 14.3. The highest BCUT2D eigenvalue weighted by Gasteiger charge is 2.30. The van der Waals surface area contributed by atoms with Crippen LogP contribution >= 0.6 is 11.6 Å². The molecule has 27 heavy (non-hydrogen) atoms. The lowest BCUT2D eigenvalue weighted by atomic mass is 9.95. The van der Waals surface area contributed by atoms with Crippen LogP contribution in [0.4, 0.5) is 18.9 Å². The molecule has 0 aliphatic carbocycles. The van der Waals surface area contributed by atoms with Crippen molar-refractivity contribution in [3.05, 3.63) is 88.4 Å². The van der Waals surface area contributed by atoms with E-state index in [2.05, 4.69) is 5.32 Å². The Morgan fingerprint density at radius 3 is 2.15 bits per heavy atom. The standard InChI is InChI=1S/C21H15ClF3NO/c1-13-3-2-4-18(14-5-9-16(22)10-6-14)19(13)20(27)26-17-11-7-15(8-12-17)21(23,24)25/h2-12H,1H3,(H,26,27). The Bertz CT molecular complexity index is 964. The highest BCUT2D eigenvalue weighted by atomic mass is 35.5. The van der Waals surface area contributed by atoms with Gasteiger partial charge in [0, 0.05) is 10.7 Å². The van der Waals surface area contributed by atoms with E-state index < -0.39 is 17.6 Å². The number of amides is 1. The zero-order chi connectivity index (χ0) is 19.6. The molecule has 138 valence electrons. The molecule has 1 N–H and O–H groups in total. The molecule has 0 spiro atoms. The largest absolute Gasteiger partial charge is 0.416 e. The quantitative estimate of drug-likeness (QED) is 0.538. The van der Waals surface area contributed by atoms with E-state index in [1.807, 2.05) is 24.3 Å². The first-order valence-electron chi connectivity index (χ1n) is 8.10. The zero-order valence-corrected chi connectivity index (χ0v) is 15.0. The second-order valence-corrected chi connectivity index (χ2v) is 6.47. The summed E-state index contributed by atoms with van der Waals surface area (Å²) in [4.78, 5) is 12.8. The second kappa shape index (κ2) is 7.45. The van der Waals surface area contributed by atoms with Crippen molar-refractivity contribution in [2.45, 2.75) is 13.1 Å². The third-order valence-electron chi connectivity index (χ3n) is 4.13. The van der Waals surface area contributed by atoms with E-state index in [0.29, 0.717) is 16.3 Å². The van der Waals surface area contributed by atoms with Crippen molar-refractivity contribution < 1.29 is 18.0 Å². The van der Waals surface area contributed by atoms with E-state index in [4.69, 9.17) is 11.6 Å². The first-order valence-corrected chi connectivity index (χ1v) is 8.47. The van der Waals surface area contributed by atoms with Gasteiger partial charge in [-0.1, -0.05) is 41.9 Å². The van der Waals surface area contributed by atoms with Crippen LogP contribution in [-0.4, -0.2) is 5.91 Å². The maximum absolute atomic E-state index is 12.8. The SMILES string of the molecule is Cc1cccc(-c2ccc(Cl)cc2)c1C(=O)Nc1ccc(C(F)(F)F)cc1. The van der Waals surface area contributed by atoms with Crippen LogP contribution in [0.1, 0.15) is 21.5 Å². The van der Waals surface area contributed by atoms with E-state index in [1.165, 1.54) is 12.1 Å². The van der Waals surface area contributed by atoms with Crippen molar-refractivity contribution >= 4 is 23.2 Å². The summed E-state index contributed by atoms with van der Waals surface area (Å²) in [6.45, 7) is 1.81. The van der Waals surface area contributed by atoms with Gasteiger partial charge >= 0.3 is 6.18 Å². The number of carbonyl (C=O) groups is 1. The van der Waals surface area contributed by atoms with Crippen LogP contribution in [0, 0.1) is 6.92 Å². The number of carbonyl (C=O) groups excluding carboxylic acids is 1. The summed E-state index contributed by atoms with van der Waals surface area (Å²) in [5.74, 6) is -0.391. The molecule has 2 nitrogen and oxygen atoms in total. The lowest BCUT2D eigenvalue weighted by Gasteiger charge is -2.14. The van der Waals surface area contributed by atoms with Crippen LogP contribution in [-0.2, 0) is 6.18 Å². The molecule has 0 bridgehead atoms. The fraction of sp³-hybridized carbons (Fsp3) is 0.0952. The van der Waals surface area contributed by atoms with Gasteiger partial charge in [-0.25, -0.2) is 0 Å². The summed E-state index contributed by atoms with van der Waals surface area (Å²) >= 11 is 5.93. The van der Waals surface area contributed by atoms with Gasteiger partial charge in [-0.2, -0.15) is 13.2 Å². The van der Waals surface area contributed by atoms with Crippen LogP contribution < -0.4 is 5.32 Å². The van der Waals surface area contributed by atoms with Crippen molar-refractivity contribution in [3.63, 3.8) is 0 Å². The number of aryl methyl sites for hydroxylation is 1. The minimum Gasteiger partial charge on any atom is -0.322 e. The molecule has 3 aromatic rings. The summed E-state index contributed by atoms with van der Waals surface area (Å²) in [5, 5.41) is 3.25. The predicted molar refractivity (Wildman–Crippen MR) is 101 cm³/mol. The van der Waals surface area contributed by atoms with Crippen LogP contribution in [0.25, 0.3) is 11.1 Å². The molecule has 0 aliphatic rings. The van der Waals surface area contributed by atoms with E-state index >= 15 is 0 Å². The summed E-state index contributed by atoms with van der Waals surface area (Å²) in [7, 11) is 0. The molecule has 0 atom stereocenters. The topological polar surface area (TPSA) is 29.1 Å². The predicted octanol–water partition coefficient (Wildman–Crippen LogP) is 6.59. The van der Waals surface area contributed by atoms with Crippen molar-refractivity contribution in [2.24, 2.45) is 0 Å². The van der Waals surface area contributed by atoms with Gasteiger partial charge in [0.05, 0.1) is 11.1 Å². The fourth-order valence-corrected chi connectivity index (χ4v) is 2.90. The Hall–Kier alpha value is -2.79. The van der Waals surface area contributed by atoms with Crippen molar-refractivity contribution in [1.82, 2.24) is 0 Å². The molecular weight excluding hydrogens is 375 g/mol. The molecule has 0 fully saturated rings. The highest BCUT2D eigenvalue weighted by molar-refractivity contribution is 6.30. The van der Waals surface area contributed by atoms with E-state index in [1.54, 1.807) is 25.1 Å². The monoisotopic (exact) mass is 389 g/mol. The third-order valence-corrected chi connectivity index (χ3v) is 4.38. The maximum Gasteiger partial charge on any atom is 0.416 e. The molecule has 0 unspecified atom stereocenters. The summed E-state index contributed by atoms with van der Waals surface area (Å²) in [5.41, 5.74) is 2.28. The van der Waals surface area contributed by atoms with Crippen molar-refractivity contribution in [3.8, 4) is 11.1 Å². The van der Waals surface area contributed by atoms with E-state index in [0.717, 1.165) is 28.8 Å². The fourth-order valence-electron chi connectivity index (χ4n) is 2.78. The minimum absolute atomic E-state index is 0.290. The Balaban J connectivity index is 1.92. The van der Waals surface area contributed by atoms with Gasteiger partial charge in [0.25, 0.3) is 5.91 Å². The Morgan fingerprint density at radius 1 is 0.926 bits per heavy atom. The number of benzene rings is 3. The van der Waals surface area contributed by atoms with Crippen LogP contribution in [0.15, 0.2) is 66.7 Å². The van der Waals surface area contributed by atoms with Gasteiger partial charge < -0.3 is 5.32 Å². The average Bonchev–Trinajstić information content (AvgIpc) is 2.61. The number of hydrogen-bond acceptors (Lipinski definition) is 1. The normalized spacial score (nSPS) is 11.3. The summed E-state index contributed by atoms with van der Waals surface area (Å²) in [6, 6.07) is 16.9. The van der Waals surface area contributed by atoms with Crippen LogP contribution in [0.5, 0.6) is 0 Å². The Morgan fingerprint density at radius 2 is 1.56 bits per heavy atom. The molecule has 1 amide bonds. The Kier molecular flexibility index (Phi) is 5.24. The third kappa shape index (κ3) is 4.31. The average molecular weight is 390 g/mol. The molecule has 0 heterocycles. The van der Waals surface area contributed by atoms with Gasteiger partial charge in [-0.15, -0.1) is 0 Å². The summed E-state index contributed by atoms with van der Waals surface area (Å²) < 4.78 is 38.0. The lowest BCUT2D eigenvalue weighted by molar-refractivity contribution is -0.137.